The highest BCUT2D eigenvalue weighted by atomic mass is 79.9. The Morgan fingerprint density at radius 2 is 1.81 bits per heavy atom. The van der Waals surface area contributed by atoms with Gasteiger partial charge in [0.15, 0.2) is 11.5 Å². The monoisotopic (exact) mass is 367 g/mol. The molecule has 2 aromatic rings. The molecule has 0 saturated carbocycles. The van der Waals surface area contributed by atoms with Gasteiger partial charge < -0.3 is 14.8 Å². The minimum atomic E-state index is 0.610. The van der Waals surface area contributed by atoms with Gasteiger partial charge in [-0.3, -0.25) is 0 Å². The molecule has 1 heterocycles. The largest absolute Gasteiger partial charge is 0.486 e. The van der Waals surface area contributed by atoms with E-state index in [9.17, 15) is 0 Å². The molecule has 5 heteroatoms. The van der Waals surface area contributed by atoms with Gasteiger partial charge in [-0.05, 0) is 35.4 Å². The van der Waals surface area contributed by atoms with Crippen LogP contribution in [-0.4, -0.2) is 13.2 Å². The fraction of sp³-hybridized carbons (Fsp3) is 0.250. The van der Waals surface area contributed by atoms with Crippen molar-refractivity contribution in [2.45, 2.75) is 13.1 Å². The van der Waals surface area contributed by atoms with Crippen LogP contribution in [0.25, 0.3) is 0 Å². The van der Waals surface area contributed by atoms with E-state index < -0.39 is 0 Å². The van der Waals surface area contributed by atoms with Gasteiger partial charge >= 0.3 is 0 Å². The maximum atomic E-state index is 6.20. The summed E-state index contributed by atoms with van der Waals surface area (Å²) in [5.41, 5.74) is 2.24. The second kappa shape index (κ2) is 6.69. The Morgan fingerprint density at radius 1 is 1.00 bits per heavy atom. The van der Waals surface area contributed by atoms with Crippen LogP contribution >= 0.6 is 27.5 Å². The molecule has 0 spiro atoms. The molecule has 1 aliphatic heterocycles. The molecule has 0 aromatic heterocycles. The highest BCUT2D eigenvalue weighted by Gasteiger charge is 2.11. The number of fused-ring (bicyclic) bond motifs is 1. The van der Waals surface area contributed by atoms with E-state index in [4.69, 9.17) is 21.1 Å². The fourth-order valence-corrected chi connectivity index (χ4v) is 2.94. The molecule has 0 unspecified atom stereocenters. The predicted molar refractivity (Wildman–Crippen MR) is 87.1 cm³/mol. The van der Waals surface area contributed by atoms with Gasteiger partial charge in [0.2, 0.25) is 0 Å². The van der Waals surface area contributed by atoms with Gasteiger partial charge in [-0.25, -0.2) is 0 Å². The summed E-state index contributed by atoms with van der Waals surface area (Å²) in [4.78, 5) is 0. The van der Waals surface area contributed by atoms with Gasteiger partial charge in [0.25, 0.3) is 0 Å². The van der Waals surface area contributed by atoms with E-state index in [-0.39, 0.29) is 0 Å². The van der Waals surface area contributed by atoms with Crippen LogP contribution in [0.2, 0.25) is 5.02 Å². The summed E-state index contributed by atoms with van der Waals surface area (Å²) >= 11 is 9.61. The lowest BCUT2D eigenvalue weighted by Crippen LogP contribution is -2.16. The van der Waals surface area contributed by atoms with E-state index in [2.05, 4.69) is 21.2 Å². The van der Waals surface area contributed by atoms with E-state index in [1.807, 2.05) is 36.4 Å². The first-order valence-electron chi connectivity index (χ1n) is 6.75. The third-order valence-electron chi connectivity index (χ3n) is 3.27. The van der Waals surface area contributed by atoms with Crippen molar-refractivity contribution in [3.8, 4) is 11.5 Å². The van der Waals surface area contributed by atoms with Crippen LogP contribution in [0.15, 0.2) is 40.9 Å². The Labute approximate surface area is 137 Å². The van der Waals surface area contributed by atoms with E-state index in [0.717, 1.165) is 45.2 Å². The molecule has 110 valence electrons. The summed E-state index contributed by atoms with van der Waals surface area (Å²) in [6.45, 7) is 2.70. The standard InChI is InChI=1S/C16H15BrClNO2/c17-13-3-2-12(14(18)8-13)10-19-9-11-1-4-15-16(7-11)21-6-5-20-15/h1-4,7-8,19H,5-6,9-10H2. The van der Waals surface area contributed by atoms with Crippen molar-refractivity contribution in [2.24, 2.45) is 0 Å². The van der Waals surface area contributed by atoms with E-state index in [0.29, 0.717) is 13.2 Å². The molecular formula is C16H15BrClNO2. The molecule has 1 aliphatic rings. The Hall–Kier alpha value is -1.23. The molecule has 0 bridgehead atoms. The number of benzene rings is 2. The van der Waals surface area contributed by atoms with Gasteiger partial charge in [-0.2, -0.15) is 0 Å². The van der Waals surface area contributed by atoms with Crippen LogP contribution in [0.4, 0.5) is 0 Å². The Morgan fingerprint density at radius 3 is 2.62 bits per heavy atom. The van der Waals surface area contributed by atoms with Gasteiger partial charge in [0.1, 0.15) is 13.2 Å². The number of rotatable bonds is 4. The van der Waals surface area contributed by atoms with Gasteiger partial charge in [0.05, 0.1) is 0 Å². The predicted octanol–water partition coefficient (Wildman–Crippen LogP) is 4.16. The number of hydrogen-bond donors (Lipinski definition) is 1. The first-order valence-corrected chi connectivity index (χ1v) is 7.92. The topological polar surface area (TPSA) is 30.5 Å². The van der Waals surface area contributed by atoms with Crippen LogP contribution in [0.5, 0.6) is 11.5 Å². The molecule has 21 heavy (non-hydrogen) atoms. The summed E-state index contributed by atoms with van der Waals surface area (Å²) in [5.74, 6) is 1.64. The zero-order chi connectivity index (χ0) is 14.7. The third kappa shape index (κ3) is 3.70. The Bertz CT molecular complexity index is 648. The molecule has 3 nitrogen and oxygen atoms in total. The lowest BCUT2D eigenvalue weighted by Gasteiger charge is -2.19. The maximum absolute atomic E-state index is 6.20. The number of nitrogens with one attached hydrogen (secondary N) is 1. The number of hydrogen-bond acceptors (Lipinski definition) is 3. The van der Waals surface area contributed by atoms with Crippen LogP contribution in [0, 0.1) is 0 Å². The molecule has 0 saturated heterocycles. The highest BCUT2D eigenvalue weighted by Crippen LogP contribution is 2.30. The maximum Gasteiger partial charge on any atom is 0.161 e. The van der Waals surface area contributed by atoms with E-state index in [1.165, 1.54) is 0 Å². The average Bonchev–Trinajstić information content (AvgIpc) is 2.49. The zero-order valence-corrected chi connectivity index (χ0v) is 13.7. The first-order chi connectivity index (χ1) is 10.2. The van der Waals surface area contributed by atoms with Crippen molar-refractivity contribution in [1.29, 1.82) is 0 Å². The number of halogens is 2. The Kier molecular flexibility index (Phi) is 4.68. The smallest absolute Gasteiger partial charge is 0.161 e. The van der Waals surface area contributed by atoms with Gasteiger partial charge in [0, 0.05) is 22.6 Å². The van der Waals surface area contributed by atoms with E-state index >= 15 is 0 Å². The summed E-state index contributed by atoms with van der Waals surface area (Å²) < 4.78 is 12.1. The van der Waals surface area contributed by atoms with Crippen LogP contribution < -0.4 is 14.8 Å². The summed E-state index contributed by atoms with van der Waals surface area (Å²) in [5, 5.41) is 4.15. The minimum absolute atomic E-state index is 0.610. The molecule has 2 aromatic carbocycles. The highest BCUT2D eigenvalue weighted by molar-refractivity contribution is 9.10. The minimum Gasteiger partial charge on any atom is -0.486 e. The molecule has 0 aliphatic carbocycles. The van der Waals surface area contributed by atoms with Gasteiger partial charge in [-0.1, -0.05) is 39.7 Å². The zero-order valence-electron chi connectivity index (χ0n) is 11.4. The first kappa shape index (κ1) is 14.7. The average molecular weight is 369 g/mol. The quantitative estimate of drug-likeness (QED) is 0.879. The van der Waals surface area contributed by atoms with Crippen LogP contribution in [-0.2, 0) is 13.1 Å². The molecule has 0 amide bonds. The lowest BCUT2D eigenvalue weighted by atomic mass is 10.1. The van der Waals surface area contributed by atoms with E-state index in [1.54, 1.807) is 0 Å². The van der Waals surface area contributed by atoms with Crippen LogP contribution in [0.1, 0.15) is 11.1 Å². The lowest BCUT2D eigenvalue weighted by molar-refractivity contribution is 0.171. The third-order valence-corrected chi connectivity index (χ3v) is 4.11. The summed E-state index contributed by atoms with van der Waals surface area (Å²) in [7, 11) is 0. The fourth-order valence-electron chi connectivity index (χ4n) is 2.20. The molecular weight excluding hydrogens is 354 g/mol. The Balaban J connectivity index is 1.60. The SMILES string of the molecule is Clc1cc(Br)ccc1CNCc1ccc2c(c1)OCCO2. The normalized spacial score (nSPS) is 13.2. The van der Waals surface area contributed by atoms with Crippen molar-refractivity contribution in [3.63, 3.8) is 0 Å². The second-order valence-corrected chi connectivity index (χ2v) is 6.14. The summed E-state index contributed by atoms with van der Waals surface area (Å²) in [6, 6.07) is 11.9. The van der Waals surface area contributed by atoms with Crippen molar-refractivity contribution < 1.29 is 9.47 Å². The molecule has 3 rings (SSSR count). The van der Waals surface area contributed by atoms with Crippen molar-refractivity contribution in [3.05, 3.63) is 57.0 Å². The molecule has 0 fully saturated rings. The molecule has 1 N–H and O–H groups in total. The van der Waals surface area contributed by atoms with Crippen molar-refractivity contribution in [1.82, 2.24) is 5.32 Å². The molecule has 0 atom stereocenters. The molecule has 0 radical (unpaired) electrons. The number of ether oxygens (including phenoxy) is 2. The second-order valence-electron chi connectivity index (χ2n) is 4.82. The van der Waals surface area contributed by atoms with Gasteiger partial charge in [-0.15, -0.1) is 0 Å². The van der Waals surface area contributed by atoms with Crippen LogP contribution in [0.3, 0.4) is 0 Å². The van der Waals surface area contributed by atoms with Crippen molar-refractivity contribution in [2.75, 3.05) is 13.2 Å². The van der Waals surface area contributed by atoms with Crippen molar-refractivity contribution >= 4 is 27.5 Å². The summed E-state index contributed by atoms with van der Waals surface area (Å²) in [6.07, 6.45) is 0.